The number of allylic oxidation sites excluding steroid dienone is 1. The lowest BCUT2D eigenvalue weighted by Crippen LogP contribution is -2.16. The maximum atomic E-state index is 12.7. The highest BCUT2D eigenvalue weighted by Crippen LogP contribution is 2.28. The number of aryl methyl sites for hydroxylation is 1. The van der Waals surface area contributed by atoms with Crippen molar-refractivity contribution in [1.29, 1.82) is 0 Å². The summed E-state index contributed by atoms with van der Waals surface area (Å²) in [5.74, 6) is 0.165. The van der Waals surface area contributed by atoms with Gasteiger partial charge in [-0.05, 0) is 30.5 Å². The van der Waals surface area contributed by atoms with Crippen molar-refractivity contribution in [3.63, 3.8) is 0 Å². The summed E-state index contributed by atoms with van der Waals surface area (Å²) in [4.78, 5) is 36.6. The van der Waals surface area contributed by atoms with Gasteiger partial charge in [0.05, 0.1) is 31.1 Å². The van der Waals surface area contributed by atoms with E-state index in [0.29, 0.717) is 17.4 Å². The molecule has 0 atom stereocenters. The van der Waals surface area contributed by atoms with Crippen molar-refractivity contribution in [3.05, 3.63) is 47.8 Å². The van der Waals surface area contributed by atoms with Crippen LogP contribution in [0.15, 0.2) is 36.0 Å². The Hall–Kier alpha value is -3.14. The molecule has 0 radical (unpaired) electrons. The summed E-state index contributed by atoms with van der Waals surface area (Å²) in [6.07, 6.45) is 10.3. The van der Waals surface area contributed by atoms with Gasteiger partial charge >= 0.3 is 11.9 Å². The van der Waals surface area contributed by atoms with Crippen LogP contribution in [-0.2, 0) is 27.2 Å². The van der Waals surface area contributed by atoms with Crippen LogP contribution in [0.5, 0.6) is 0 Å². The van der Waals surface area contributed by atoms with E-state index in [-0.39, 0.29) is 22.8 Å². The van der Waals surface area contributed by atoms with Crippen molar-refractivity contribution >= 4 is 35.3 Å². The normalized spacial score (nSPS) is 13.8. The molecule has 1 amide bonds. The topological polar surface area (TPSA) is 112 Å². The molecule has 1 saturated carbocycles. The second-order valence-corrected chi connectivity index (χ2v) is 9.40. The standard InChI is InChI=1S/C25H32N4O5S/c1-4-12-29-21(11-10-17-8-6-5-7-9-17)27-28-25(29)35-16-22(30)26-20-14-18(23(31)33-2)13-19(15-20)24(32)34-3/h4,13-15,17H,1,5-12,16H2,2-3H3,(H,26,30). The quantitative estimate of drug-likeness (QED) is 0.276. The maximum absolute atomic E-state index is 12.7. The molecule has 0 unspecified atom stereocenters. The molecule has 1 fully saturated rings. The van der Waals surface area contributed by atoms with Gasteiger partial charge < -0.3 is 19.4 Å². The summed E-state index contributed by atoms with van der Waals surface area (Å²) in [6.45, 7) is 4.41. The number of benzene rings is 1. The smallest absolute Gasteiger partial charge is 0.337 e. The number of carbonyl (C=O) groups excluding carboxylic acids is 3. The Labute approximate surface area is 209 Å². The predicted molar refractivity (Wildman–Crippen MR) is 134 cm³/mol. The molecule has 188 valence electrons. The number of hydrogen-bond acceptors (Lipinski definition) is 8. The molecular formula is C25H32N4O5S. The van der Waals surface area contributed by atoms with Crippen LogP contribution in [0.25, 0.3) is 0 Å². The molecule has 1 aliphatic carbocycles. The molecule has 0 aliphatic heterocycles. The number of hydrogen-bond donors (Lipinski definition) is 1. The second kappa shape index (κ2) is 13.1. The number of anilines is 1. The molecule has 0 spiro atoms. The van der Waals surface area contributed by atoms with E-state index in [9.17, 15) is 14.4 Å². The van der Waals surface area contributed by atoms with Crippen LogP contribution in [-0.4, -0.2) is 52.6 Å². The average molecular weight is 501 g/mol. The second-order valence-electron chi connectivity index (χ2n) is 8.46. The molecule has 1 aromatic heterocycles. The highest BCUT2D eigenvalue weighted by molar-refractivity contribution is 7.99. The molecular weight excluding hydrogens is 468 g/mol. The summed E-state index contributed by atoms with van der Waals surface area (Å²) >= 11 is 1.27. The highest BCUT2D eigenvalue weighted by Gasteiger charge is 2.19. The van der Waals surface area contributed by atoms with Crippen LogP contribution in [0.2, 0.25) is 0 Å². The molecule has 1 aliphatic rings. The molecule has 0 saturated heterocycles. The summed E-state index contributed by atoms with van der Waals surface area (Å²) in [6, 6.07) is 4.25. The number of nitrogens with one attached hydrogen (secondary N) is 1. The minimum atomic E-state index is -0.626. The van der Waals surface area contributed by atoms with Gasteiger partial charge in [0.15, 0.2) is 5.16 Å². The Morgan fingerprint density at radius 3 is 2.34 bits per heavy atom. The summed E-state index contributed by atoms with van der Waals surface area (Å²) in [5.41, 5.74) is 0.554. The van der Waals surface area contributed by atoms with Crippen LogP contribution in [0.1, 0.15) is 65.1 Å². The van der Waals surface area contributed by atoms with Gasteiger partial charge in [-0.1, -0.05) is 49.9 Å². The van der Waals surface area contributed by atoms with Crippen LogP contribution in [0.3, 0.4) is 0 Å². The number of aromatic nitrogens is 3. The summed E-state index contributed by atoms with van der Waals surface area (Å²) in [7, 11) is 2.48. The Bertz CT molecular complexity index is 1030. The van der Waals surface area contributed by atoms with Crippen molar-refractivity contribution in [2.45, 2.75) is 56.6 Å². The fourth-order valence-electron chi connectivity index (χ4n) is 4.23. The lowest BCUT2D eigenvalue weighted by atomic mass is 9.86. The molecule has 2 aromatic rings. The van der Waals surface area contributed by atoms with E-state index in [4.69, 9.17) is 9.47 Å². The Morgan fingerprint density at radius 2 is 1.74 bits per heavy atom. The first-order valence-corrected chi connectivity index (χ1v) is 12.7. The van der Waals surface area contributed by atoms with Crippen molar-refractivity contribution in [2.24, 2.45) is 5.92 Å². The zero-order chi connectivity index (χ0) is 25.2. The fraction of sp³-hybridized carbons (Fsp3) is 0.480. The monoisotopic (exact) mass is 500 g/mol. The highest BCUT2D eigenvalue weighted by atomic mass is 32.2. The first-order chi connectivity index (χ1) is 16.9. The largest absolute Gasteiger partial charge is 0.465 e. The third-order valence-electron chi connectivity index (χ3n) is 6.00. The maximum Gasteiger partial charge on any atom is 0.337 e. The van der Waals surface area contributed by atoms with E-state index in [2.05, 4.69) is 22.1 Å². The summed E-state index contributed by atoms with van der Waals surface area (Å²) < 4.78 is 11.5. The number of methoxy groups -OCH3 is 2. The number of rotatable bonds is 11. The first-order valence-electron chi connectivity index (χ1n) is 11.7. The zero-order valence-corrected chi connectivity index (χ0v) is 21.1. The van der Waals surface area contributed by atoms with Gasteiger partial charge in [-0.3, -0.25) is 4.79 Å². The van der Waals surface area contributed by atoms with Crippen LogP contribution < -0.4 is 5.32 Å². The number of esters is 2. The van der Waals surface area contributed by atoms with Crippen molar-refractivity contribution in [1.82, 2.24) is 14.8 Å². The first kappa shape index (κ1) is 26.5. The van der Waals surface area contributed by atoms with Gasteiger partial charge in [0.25, 0.3) is 0 Å². The lowest BCUT2D eigenvalue weighted by Gasteiger charge is -2.21. The van der Waals surface area contributed by atoms with Crippen LogP contribution in [0, 0.1) is 5.92 Å². The lowest BCUT2D eigenvalue weighted by molar-refractivity contribution is -0.113. The molecule has 35 heavy (non-hydrogen) atoms. The molecule has 1 aromatic carbocycles. The molecule has 9 nitrogen and oxygen atoms in total. The van der Waals surface area contributed by atoms with E-state index in [1.807, 2.05) is 4.57 Å². The Balaban J connectivity index is 1.64. The molecule has 10 heteroatoms. The number of ether oxygens (including phenoxy) is 2. The van der Waals surface area contributed by atoms with Crippen LogP contribution >= 0.6 is 11.8 Å². The van der Waals surface area contributed by atoms with E-state index in [1.165, 1.54) is 76.3 Å². The fourth-order valence-corrected chi connectivity index (χ4v) is 5.00. The predicted octanol–water partition coefficient (Wildman–Crippen LogP) is 4.28. The van der Waals surface area contributed by atoms with Gasteiger partial charge in [0.1, 0.15) is 5.82 Å². The zero-order valence-electron chi connectivity index (χ0n) is 20.2. The number of nitrogens with zero attached hydrogens (tertiary/aromatic N) is 3. The van der Waals surface area contributed by atoms with Gasteiger partial charge in [-0.25, -0.2) is 9.59 Å². The minimum Gasteiger partial charge on any atom is -0.465 e. The van der Waals surface area contributed by atoms with Crippen molar-refractivity contribution in [3.8, 4) is 0 Å². The van der Waals surface area contributed by atoms with Crippen LogP contribution in [0.4, 0.5) is 5.69 Å². The van der Waals surface area contributed by atoms with E-state index >= 15 is 0 Å². The van der Waals surface area contributed by atoms with Crippen molar-refractivity contribution in [2.75, 3.05) is 25.3 Å². The third kappa shape index (κ3) is 7.42. The minimum absolute atomic E-state index is 0.0773. The summed E-state index contributed by atoms with van der Waals surface area (Å²) in [5, 5.41) is 12.0. The number of amides is 1. The SMILES string of the molecule is C=CCn1c(CCC2CCCCC2)nnc1SCC(=O)Nc1cc(C(=O)OC)cc(C(=O)OC)c1. The third-order valence-corrected chi connectivity index (χ3v) is 6.96. The Kier molecular flexibility index (Phi) is 9.89. The van der Waals surface area contributed by atoms with Gasteiger partial charge in [0.2, 0.25) is 5.91 Å². The van der Waals surface area contributed by atoms with Gasteiger partial charge in [0, 0.05) is 18.7 Å². The number of carbonyl (C=O) groups is 3. The van der Waals surface area contributed by atoms with E-state index in [0.717, 1.165) is 24.6 Å². The number of thioether (sulfide) groups is 1. The van der Waals surface area contributed by atoms with Gasteiger partial charge in [-0.15, -0.1) is 16.8 Å². The molecule has 3 rings (SSSR count). The molecule has 0 bridgehead atoms. The molecule has 1 N–H and O–H groups in total. The van der Waals surface area contributed by atoms with Crippen molar-refractivity contribution < 1.29 is 23.9 Å². The Morgan fingerprint density at radius 1 is 1.09 bits per heavy atom. The van der Waals surface area contributed by atoms with Gasteiger partial charge in [-0.2, -0.15) is 0 Å². The molecule has 1 heterocycles. The van der Waals surface area contributed by atoms with E-state index in [1.54, 1.807) is 6.08 Å². The average Bonchev–Trinajstić information content (AvgIpc) is 3.27. The van der Waals surface area contributed by atoms with E-state index < -0.39 is 11.9 Å².